The number of carbonyl (C=O) groups is 2. The Morgan fingerprint density at radius 3 is 2.35 bits per heavy atom. The van der Waals surface area contributed by atoms with E-state index in [1.165, 1.54) is 7.11 Å². The SMILES string of the molecule is CCOC(=O)c1nc(C)c(C)c(C(=O)OC)n1. The molecule has 0 unspecified atom stereocenters. The van der Waals surface area contributed by atoms with Gasteiger partial charge in [-0.2, -0.15) is 0 Å². The molecule has 6 nitrogen and oxygen atoms in total. The van der Waals surface area contributed by atoms with E-state index in [0.717, 1.165) is 0 Å². The van der Waals surface area contributed by atoms with Gasteiger partial charge in [-0.3, -0.25) is 0 Å². The molecule has 17 heavy (non-hydrogen) atoms. The van der Waals surface area contributed by atoms with Gasteiger partial charge in [0.1, 0.15) is 0 Å². The fourth-order valence-corrected chi connectivity index (χ4v) is 1.21. The van der Waals surface area contributed by atoms with Gasteiger partial charge < -0.3 is 9.47 Å². The molecule has 0 fully saturated rings. The Morgan fingerprint density at radius 1 is 1.18 bits per heavy atom. The fourth-order valence-electron chi connectivity index (χ4n) is 1.21. The predicted octanol–water partition coefficient (Wildman–Crippen LogP) is 1.06. The molecular formula is C11H14N2O4. The monoisotopic (exact) mass is 238 g/mol. The summed E-state index contributed by atoms with van der Waals surface area (Å²) in [4.78, 5) is 30.8. The van der Waals surface area contributed by atoms with Crippen LogP contribution in [0.4, 0.5) is 0 Å². The number of hydrogen-bond donors (Lipinski definition) is 0. The van der Waals surface area contributed by atoms with Crippen LogP contribution in [0.5, 0.6) is 0 Å². The molecule has 0 spiro atoms. The summed E-state index contributed by atoms with van der Waals surface area (Å²) >= 11 is 0. The first-order valence-electron chi connectivity index (χ1n) is 5.11. The zero-order chi connectivity index (χ0) is 13.0. The Hall–Kier alpha value is -1.98. The van der Waals surface area contributed by atoms with Gasteiger partial charge in [0, 0.05) is 11.3 Å². The van der Waals surface area contributed by atoms with Crippen LogP contribution in [0.25, 0.3) is 0 Å². The van der Waals surface area contributed by atoms with Crippen molar-refractivity contribution in [3.05, 3.63) is 22.8 Å². The summed E-state index contributed by atoms with van der Waals surface area (Å²) < 4.78 is 9.36. The van der Waals surface area contributed by atoms with Crippen molar-refractivity contribution >= 4 is 11.9 Å². The minimum Gasteiger partial charge on any atom is -0.464 e. The lowest BCUT2D eigenvalue weighted by Crippen LogP contribution is -2.17. The third kappa shape index (κ3) is 2.77. The lowest BCUT2D eigenvalue weighted by molar-refractivity contribution is 0.0510. The number of carbonyl (C=O) groups excluding carboxylic acids is 2. The third-order valence-electron chi connectivity index (χ3n) is 2.23. The van der Waals surface area contributed by atoms with Gasteiger partial charge in [-0.05, 0) is 20.8 Å². The van der Waals surface area contributed by atoms with Gasteiger partial charge in [0.05, 0.1) is 13.7 Å². The number of ether oxygens (including phenoxy) is 2. The first-order chi connectivity index (χ1) is 8.01. The summed E-state index contributed by atoms with van der Waals surface area (Å²) in [6.45, 7) is 5.28. The Labute approximate surface area is 99.0 Å². The second-order valence-electron chi connectivity index (χ2n) is 3.32. The van der Waals surface area contributed by atoms with Crippen LogP contribution < -0.4 is 0 Å². The van der Waals surface area contributed by atoms with Gasteiger partial charge >= 0.3 is 11.9 Å². The highest BCUT2D eigenvalue weighted by Gasteiger charge is 2.19. The van der Waals surface area contributed by atoms with Crippen molar-refractivity contribution in [2.75, 3.05) is 13.7 Å². The number of aryl methyl sites for hydroxylation is 1. The van der Waals surface area contributed by atoms with Crippen molar-refractivity contribution in [1.82, 2.24) is 9.97 Å². The highest BCUT2D eigenvalue weighted by Crippen LogP contribution is 2.11. The van der Waals surface area contributed by atoms with E-state index in [1.807, 2.05) is 0 Å². The molecule has 0 bridgehead atoms. The van der Waals surface area contributed by atoms with E-state index in [9.17, 15) is 9.59 Å². The molecule has 0 radical (unpaired) electrons. The number of hydrogen-bond acceptors (Lipinski definition) is 6. The molecule has 1 aromatic heterocycles. The Morgan fingerprint density at radius 2 is 1.82 bits per heavy atom. The second kappa shape index (κ2) is 5.38. The summed E-state index contributed by atoms with van der Waals surface area (Å²) in [5.74, 6) is -1.38. The highest BCUT2D eigenvalue weighted by atomic mass is 16.5. The fraction of sp³-hybridized carbons (Fsp3) is 0.455. The number of methoxy groups -OCH3 is 1. The summed E-state index contributed by atoms with van der Waals surface area (Å²) in [7, 11) is 1.25. The summed E-state index contributed by atoms with van der Waals surface area (Å²) in [6.07, 6.45) is 0. The lowest BCUT2D eigenvalue weighted by Gasteiger charge is -2.07. The molecule has 0 aromatic carbocycles. The lowest BCUT2D eigenvalue weighted by atomic mass is 10.2. The van der Waals surface area contributed by atoms with Crippen molar-refractivity contribution in [3.63, 3.8) is 0 Å². The maximum atomic E-state index is 11.5. The van der Waals surface area contributed by atoms with Crippen LogP contribution in [-0.2, 0) is 9.47 Å². The molecule has 0 saturated carbocycles. The van der Waals surface area contributed by atoms with E-state index in [-0.39, 0.29) is 18.1 Å². The van der Waals surface area contributed by atoms with Crippen molar-refractivity contribution in [2.24, 2.45) is 0 Å². The standard InChI is InChI=1S/C11H14N2O4/c1-5-17-11(15)9-12-7(3)6(2)8(13-9)10(14)16-4/h5H2,1-4H3. The smallest absolute Gasteiger partial charge is 0.376 e. The van der Waals surface area contributed by atoms with E-state index < -0.39 is 11.9 Å². The molecule has 0 amide bonds. The molecule has 92 valence electrons. The van der Waals surface area contributed by atoms with Gasteiger partial charge in [-0.1, -0.05) is 0 Å². The van der Waals surface area contributed by atoms with Gasteiger partial charge in [0.15, 0.2) is 5.69 Å². The molecule has 1 rings (SSSR count). The average Bonchev–Trinajstić information content (AvgIpc) is 2.31. The molecule has 0 aliphatic rings. The molecule has 1 heterocycles. The molecule has 0 aliphatic carbocycles. The maximum absolute atomic E-state index is 11.5. The van der Waals surface area contributed by atoms with Gasteiger partial charge in [-0.25, -0.2) is 19.6 Å². The zero-order valence-corrected chi connectivity index (χ0v) is 10.2. The Bertz CT molecular complexity index is 457. The van der Waals surface area contributed by atoms with Gasteiger partial charge in [-0.15, -0.1) is 0 Å². The first-order valence-corrected chi connectivity index (χ1v) is 5.11. The Balaban J connectivity index is 3.23. The molecular weight excluding hydrogens is 224 g/mol. The quantitative estimate of drug-likeness (QED) is 0.732. The van der Waals surface area contributed by atoms with Crippen LogP contribution >= 0.6 is 0 Å². The van der Waals surface area contributed by atoms with Gasteiger partial charge in [0.25, 0.3) is 0 Å². The molecule has 0 atom stereocenters. The summed E-state index contributed by atoms with van der Waals surface area (Å²) in [5.41, 5.74) is 1.22. The summed E-state index contributed by atoms with van der Waals surface area (Å²) in [6, 6.07) is 0. The van der Waals surface area contributed by atoms with Crippen molar-refractivity contribution in [2.45, 2.75) is 20.8 Å². The zero-order valence-electron chi connectivity index (χ0n) is 10.2. The topological polar surface area (TPSA) is 78.4 Å². The minimum absolute atomic E-state index is 0.0862. The van der Waals surface area contributed by atoms with E-state index >= 15 is 0 Å². The van der Waals surface area contributed by atoms with E-state index in [4.69, 9.17) is 4.74 Å². The molecule has 6 heteroatoms. The van der Waals surface area contributed by atoms with Crippen molar-refractivity contribution in [3.8, 4) is 0 Å². The summed E-state index contributed by atoms with van der Waals surface area (Å²) in [5, 5.41) is 0. The number of rotatable bonds is 3. The minimum atomic E-state index is -0.652. The largest absolute Gasteiger partial charge is 0.464 e. The van der Waals surface area contributed by atoms with Crippen LogP contribution in [0.1, 0.15) is 39.3 Å². The van der Waals surface area contributed by atoms with E-state index in [2.05, 4.69) is 14.7 Å². The average molecular weight is 238 g/mol. The predicted molar refractivity (Wildman–Crippen MR) is 58.8 cm³/mol. The molecule has 0 aliphatic heterocycles. The van der Waals surface area contributed by atoms with E-state index in [0.29, 0.717) is 11.3 Å². The van der Waals surface area contributed by atoms with Crippen molar-refractivity contribution < 1.29 is 19.1 Å². The first kappa shape index (κ1) is 13.1. The number of aromatic nitrogens is 2. The van der Waals surface area contributed by atoms with E-state index in [1.54, 1.807) is 20.8 Å². The van der Waals surface area contributed by atoms with Crippen LogP contribution in [0.3, 0.4) is 0 Å². The van der Waals surface area contributed by atoms with Crippen LogP contribution in [-0.4, -0.2) is 35.6 Å². The van der Waals surface area contributed by atoms with Crippen LogP contribution in [0.15, 0.2) is 0 Å². The molecule has 0 N–H and O–H groups in total. The number of esters is 2. The molecule has 0 saturated heterocycles. The van der Waals surface area contributed by atoms with Gasteiger partial charge in [0.2, 0.25) is 5.82 Å². The second-order valence-corrected chi connectivity index (χ2v) is 3.32. The Kier molecular flexibility index (Phi) is 4.14. The third-order valence-corrected chi connectivity index (χ3v) is 2.23. The van der Waals surface area contributed by atoms with Crippen molar-refractivity contribution in [1.29, 1.82) is 0 Å². The number of nitrogens with zero attached hydrogens (tertiary/aromatic N) is 2. The highest BCUT2D eigenvalue weighted by molar-refractivity contribution is 5.91. The van der Waals surface area contributed by atoms with Crippen LogP contribution in [0, 0.1) is 13.8 Å². The molecule has 1 aromatic rings. The normalized spacial score (nSPS) is 9.88. The van der Waals surface area contributed by atoms with Crippen LogP contribution in [0.2, 0.25) is 0 Å². The maximum Gasteiger partial charge on any atom is 0.376 e.